The zero-order valence-corrected chi connectivity index (χ0v) is 16.3. The van der Waals surface area contributed by atoms with Crippen molar-refractivity contribution in [3.63, 3.8) is 0 Å². The molecule has 0 amide bonds. The van der Waals surface area contributed by atoms with Crippen LogP contribution in [0.2, 0.25) is 0 Å². The first-order valence-electron chi connectivity index (χ1n) is 7.51. The lowest BCUT2D eigenvalue weighted by molar-refractivity contribution is -0.142. The van der Waals surface area contributed by atoms with E-state index in [1.54, 1.807) is 7.05 Å². The molecule has 0 aromatic heterocycles. The highest BCUT2D eigenvalue weighted by molar-refractivity contribution is 14.0. The highest BCUT2D eigenvalue weighted by Crippen LogP contribution is 2.14. The Hall–Kier alpha value is -0.250. The molecule has 0 aromatic carbocycles. The molecule has 0 aliphatic heterocycles. The molecule has 1 unspecified atom stereocenters. The predicted octanol–water partition coefficient (Wildman–Crippen LogP) is 3.23. The fourth-order valence-electron chi connectivity index (χ4n) is 1.95. The minimum absolute atomic E-state index is 0. The van der Waals surface area contributed by atoms with Crippen LogP contribution in [0.3, 0.4) is 0 Å². The van der Waals surface area contributed by atoms with Gasteiger partial charge >= 0.3 is 6.18 Å². The Labute approximate surface area is 149 Å². The Bertz CT molecular complexity index is 298. The monoisotopic (exact) mass is 438 g/mol. The summed E-state index contributed by atoms with van der Waals surface area (Å²) in [7, 11) is 3.12. The number of likely N-dealkylation sites (N-methyl/N-ethyl adjacent to an activating group) is 1. The zero-order chi connectivity index (χ0) is 16.3. The third-order valence-electron chi connectivity index (χ3n) is 3.08. The van der Waals surface area contributed by atoms with Crippen molar-refractivity contribution in [3.05, 3.63) is 0 Å². The summed E-state index contributed by atoms with van der Waals surface area (Å²) in [5.74, 6) is 0.638. The molecule has 0 heterocycles. The molecule has 0 saturated heterocycles. The molecule has 0 spiro atoms. The summed E-state index contributed by atoms with van der Waals surface area (Å²) in [6, 6.07) is 0.302. The minimum atomic E-state index is -4.15. The fourth-order valence-corrected chi connectivity index (χ4v) is 1.95. The SMILES string of the molecule is CCCCCC(C)NC(=NC)NCCN(C)CC(F)(F)F.I. The van der Waals surface area contributed by atoms with Crippen LogP contribution in [0.5, 0.6) is 0 Å². The molecule has 0 rings (SSSR count). The molecule has 2 N–H and O–H groups in total. The number of hydrogen-bond donors (Lipinski definition) is 2. The Morgan fingerprint density at radius 2 is 1.91 bits per heavy atom. The second kappa shape index (κ2) is 13.2. The standard InChI is InChI=1S/C14H29F3N4.HI/c1-5-6-7-8-12(2)20-13(18-3)19-9-10-21(4)11-14(15,16)17;/h12H,5-11H2,1-4H3,(H2,18,19,20);1H. The van der Waals surface area contributed by atoms with Gasteiger partial charge in [-0.15, -0.1) is 24.0 Å². The summed E-state index contributed by atoms with van der Waals surface area (Å²) in [6.45, 7) is 4.08. The van der Waals surface area contributed by atoms with Crippen molar-refractivity contribution in [2.75, 3.05) is 33.7 Å². The third kappa shape index (κ3) is 14.7. The molecular formula is C14H30F3IN4. The molecule has 22 heavy (non-hydrogen) atoms. The van der Waals surface area contributed by atoms with Gasteiger partial charge in [0, 0.05) is 26.2 Å². The highest BCUT2D eigenvalue weighted by Gasteiger charge is 2.28. The summed E-state index contributed by atoms with van der Waals surface area (Å²) < 4.78 is 36.5. The van der Waals surface area contributed by atoms with Gasteiger partial charge in [-0.05, 0) is 20.4 Å². The van der Waals surface area contributed by atoms with E-state index in [0.29, 0.717) is 25.1 Å². The van der Waals surface area contributed by atoms with Crippen molar-refractivity contribution in [2.45, 2.75) is 51.7 Å². The van der Waals surface area contributed by atoms with E-state index in [1.807, 2.05) is 0 Å². The van der Waals surface area contributed by atoms with Gasteiger partial charge in [0.15, 0.2) is 5.96 Å². The summed E-state index contributed by atoms with van der Waals surface area (Å²) >= 11 is 0. The number of alkyl halides is 3. The molecule has 0 radical (unpaired) electrons. The molecular weight excluding hydrogens is 408 g/mol. The second-order valence-electron chi connectivity index (χ2n) is 5.39. The first kappa shape index (κ1) is 24.0. The minimum Gasteiger partial charge on any atom is -0.355 e. The third-order valence-corrected chi connectivity index (χ3v) is 3.08. The molecule has 1 atom stereocenters. The van der Waals surface area contributed by atoms with E-state index in [4.69, 9.17) is 0 Å². The van der Waals surface area contributed by atoms with Crippen molar-refractivity contribution in [1.82, 2.24) is 15.5 Å². The Morgan fingerprint density at radius 3 is 2.41 bits per heavy atom. The molecule has 0 fully saturated rings. The van der Waals surface area contributed by atoms with Crippen LogP contribution < -0.4 is 10.6 Å². The van der Waals surface area contributed by atoms with Gasteiger partial charge in [0.1, 0.15) is 0 Å². The fraction of sp³-hybridized carbons (Fsp3) is 0.929. The van der Waals surface area contributed by atoms with Gasteiger partial charge in [0.05, 0.1) is 6.54 Å². The van der Waals surface area contributed by atoms with Crippen LogP contribution in [0.4, 0.5) is 13.2 Å². The maximum absolute atomic E-state index is 12.2. The van der Waals surface area contributed by atoms with Gasteiger partial charge in [-0.1, -0.05) is 26.2 Å². The molecule has 4 nitrogen and oxygen atoms in total. The number of unbranched alkanes of at least 4 members (excludes halogenated alkanes) is 2. The Kier molecular flexibility index (Phi) is 14.4. The molecule has 0 aromatic rings. The van der Waals surface area contributed by atoms with Crippen LogP contribution in [0, 0.1) is 0 Å². The van der Waals surface area contributed by atoms with E-state index in [1.165, 1.54) is 24.8 Å². The summed E-state index contributed by atoms with van der Waals surface area (Å²) in [5.41, 5.74) is 0. The van der Waals surface area contributed by atoms with Crippen molar-refractivity contribution in [1.29, 1.82) is 0 Å². The van der Waals surface area contributed by atoms with Crippen molar-refractivity contribution in [3.8, 4) is 0 Å². The van der Waals surface area contributed by atoms with E-state index >= 15 is 0 Å². The molecule has 0 aliphatic carbocycles. The van der Waals surface area contributed by atoms with Crippen LogP contribution in [0.1, 0.15) is 39.5 Å². The van der Waals surface area contributed by atoms with Crippen LogP contribution >= 0.6 is 24.0 Å². The van der Waals surface area contributed by atoms with Crippen LogP contribution in [-0.2, 0) is 0 Å². The lowest BCUT2D eigenvalue weighted by atomic mass is 10.1. The predicted molar refractivity (Wildman–Crippen MR) is 97.1 cm³/mol. The van der Waals surface area contributed by atoms with Crippen LogP contribution in [-0.4, -0.2) is 56.8 Å². The van der Waals surface area contributed by atoms with Gasteiger partial charge in [0.25, 0.3) is 0 Å². The maximum Gasteiger partial charge on any atom is 0.401 e. The topological polar surface area (TPSA) is 39.7 Å². The summed E-state index contributed by atoms with van der Waals surface area (Å²) in [4.78, 5) is 5.32. The van der Waals surface area contributed by atoms with Gasteiger partial charge in [-0.2, -0.15) is 13.2 Å². The number of rotatable bonds is 9. The first-order valence-corrected chi connectivity index (χ1v) is 7.51. The van der Waals surface area contributed by atoms with Gasteiger partial charge in [-0.3, -0.25) is 9.89 Å². The second-order valence-corrected chi connectivity index (χ2v) is 5.39. The average molecular weight is 438 g/mol. The summed E-state index contributed by atoms with van der Waals surface area (Å²) in [5, 5.41) is 6.28. The zero-order valence-electron chi connectivity index (χ0n) is 14.0. The number of guanidine groups is 1. The maximum atomic E-state index is 12.2. The summed E-state index contributed by atoms with van der Waals surface area (Å²) in [6.07, 6.45) is 0.465. The quantitative estimate of drug-likeness (QED) is 0.251. The number of halogens is 4. The van der Waals surface area contributed by atoms with E-state index < -0.39 is 12.7 Å². The van der Waals surface area contributed by atoms with Crippen LogP contribution in [0.15, 0.2) is 4.99 Å². The normalized spacial score (nSPS) is 13.7. The van der Waals surface area contributed by atoms with Gasteiger partial charge in [0.2, 0.25) is 0 Å². The van der Waals surface area contributed by atoms with E-state index in [9.17, 15) is 13.2 Å². The average Bonchev–Trinajstić information content (AvgIpc) is 2.35. The largest absolute Gasteiger partial charge is 0.401 e. The van der Waals surface area contributed by atoms with Crippen molar-refractivity contribution < 1.29 is 13.2 Å². The number of nitrogens with one attached hydrogen (secondary N) is 2. The Morgan fingerprint density at radius 1 is 1.27 bits per heavy atom. The smallest absolute Gasteiger partial charge is 0.355 e. The van der Waals surface area contributed by atoms with Gasteiger partial charge < -0.3 is 10.6 Å². The number of hydrogen-bond acceptors (Lipinski definition) is 2. The van der Waals surface area contributed by atoms with Crippen molar-refractivity contribution in [2.24, 2.45) is 4.99 Å². The molecule has 0 aliphatic rings. The van der Waals surface area contributed by atoms with Crippen molar-refractivity contribution >= 4 is 29.9 Å². The van der Waals surface area contributed by atoms with E-state index in [2.05, 4.69) is 29.5 Å². The molecule has 134 valence electrons. The molecule has 0 saturated carbocycles. The molecule has 0 bridgehead atoms. The lowest BCUT2D eigenvalue weighted by Gasteiger charge is -2.21. The number of aliphatic imine (C=N–C) groups is 1. The first-order chi connectivity index (χ1) is 9.78. The van der Waals surface area contributed by atoms with Gasteiger partial charge in [-0.25, -0.2) is 0 Å². The van der Waals surface area contributed by atoms with E-state index in [-0.39, 0.29) is 24.0 Å². The van der Waals surface area contributed by atoms with Crippen LogP contribution in [0.25, 0.3) is 0 Å². The highest BCUT2D eigenvalue weighted by atomic mass is 127. The lowest BCUT2D eigenvalue weighted by Crippen LogP contribution is -2.45. The Balaban J connectivity index is 0. The molecule has 8 heteroatoms. The number of nitrogens with zero attached hydrogens (tertiary/aromatic N) is 2. The van der Waals surface area contributed by atoms with E-state index in [0.717, 1.165) is 12.8 Å².